The average Bonchev–Trinajstić information content (AvgIpc) is 2.52. The van der Waals surface area contributed by atoms with Crippen molar-refractivity contribution in [3.8, 4) is 0 Å². The summed E-state index contributed by atoms with van der Waals surface area (Å²) in [5.41, 5.74) is 11.3. The Labute approximate surface area is 83.4 Å². The summed E-state index contributed by atoms with van der Waals surface area (Å²) < 4.78 is 0. The van der Waals surface area contributed by atoms with Gasteiger partial charge in [0.1, 0.15) is 0 Å². The van der Waals surface area contributed by atoms with E-state index in [1.807, 2.05) is 6.07 Å². The van der Waals surface area contributed by atoms with Crippen molar-refractivity contribution in [1.82, 2.24) is 0 Å². The van der Waals surface area contributed by atoms with E-state index in [1.54, 1.807) is 11.3 Å². The fraction of sp³-hybridized carbons (Fsp3) is 0.500. The van der Waals surface area contributed by atoms with Crippen LogP contribution in [0.3, 0.4) is 0 Å². The molecule has 0 aromatic carbocycles. The molecule has 1 rings (SSSR count). The maximum absolute atomic E-state index is 5.88. The SMILES string of the molecule is Cl.NCCC[C@@H](N)c1cccs1. The Bertz CT molecular complexity index is 189. The van der Waals surface area contributed by atoms with Gasteiger partial charge in [0.05, 0.1) is 0 Å². The van der Waals surface area contributed by atoms with Crippen molar-refractivity contribution in [2.75, 3.05) is 6.54 Å². The van der Waals surface area contributed by atoms with Crippen molar-refractivity contribution >= 4 is 23.7 Å². The molecule has 0 aliphatic rings. The molecule has 4 heteroatoms. The zero-order valence-electron chi connectivity index (χ0n) is 6.90. The second-order valence-corrected chi connectivity index (χ2v) is 3.53. The third-order valence-electron chi connectivity index (χ3n) is 1.63. The Balaban J connectivity index is 0.00000121. The van der Waals surface area contributed by atoms with Gasteiger partial charge in [0.2, 0.25) is 0 Å². The highest BCUT2D eigenvalue weighted by molar-refractivity contribution is 7.10. The molecule has 0 saturated carbocycles. The van der Waals surface area contributed by atoms with E-state index < -0.39 is 0 Å². The molecule has 1 atom stereocenters. The molecule has 1 aromatic heterocycles. The molecule has 0 radical (unpaired) electrons. The quantitative estimate of drug-likeness (QED) is 0.791. The van der Waals surface area contributed by atoms with E-state index in [2.05, 4.69) is 11.4 Å². The highest BCUT2D eigenvalue weighted by atomic mass is 35.5. The summed E-state index contributed by atoms with van der Waals surface area (Å²) >= 11 is 1.72. The highest BCUT2D eigenvalue weighted by Gasteiger charge is 2.04. The normalized spacial score (nSPS) is 12.2. The standard InChI is InChI=1S/C8H14N2S.ClH/c9-5-1-3-7(10)8-4-2-6-11-8;/h2,4,6-7H,1,3,5,9-10H2;1H/t7-;/m1./s1. The van der Waals surface area contributed by atoms with Crippen molar-refractivity contribution in [2.24, 2.45) is 11.5 Å². The predicted molar refractivity (Wildman–Crippen MR) is 56.8 cm³/mol. The first-order chi connectivity index (χ1) is 5.34. The Hall–Kier alpha value is -0.0900. The molecule has 1 aromatic rings. The van der Waals surface area contributed by atoms with Gasteiger partial charge in [0.15, 0.2) is 0 Å². The fourth-order valence-corrected chi connectivity index (χ4v) is 1.75. The van der Waals surface area contributed by atoms with Crippen LogP contribution in [0, 0.1) is 0 Å². The third kappa shape index (κ3) is 3.54. The lowest BCUT2D eigenvalue weighted by molar-refractivity contribution is 0.626. The summed E-state index contributed by atoms with van der Waals surface area (Å²) in [6.45, 7) is 0.735. The number of halogens is 1. The van der Waals surface area contributed by atoms with Gasteiger partial charge in [0, 0.05) is 10.9 Å². The van der Waals surface area contributed by atoms with E-state index >= 15 is 0 Å². The van der Waals surface area contributed by atoms with Gasteiger partial charge >= 0.3 is 0 Å². The minimum Gasteiger partial charge on any atom is -0.330 e. The molecule has 0 aliphatic carbocycles. The topological polar surface area (TPSA) is 52.0 Å². The first-order valence-electron chi connectivity index (χ1n) is 3.83. The molecule has 0 bridgehead atoms. The summed E-state index contributed by atoms with van der Waals surface area (Å²) in [5, 5.41) is 2.05. The summed E-state index contributed by atoms with van der Waals surface area (Å²) in [6.07, 6.45) is 2.01. The van der Waals surface area contributed by atoms with Crippen molar-refractivity contribution < 1.29 is 0 Å². The van der Waals surface area contributed by atoms with Crippen LogP contribution in [0.4, 0.5) is 0 Å². The van der Waals surface area contributed by atoms with Gasteiger partial charge < -0.3 is 11.5 Å². The lowest BCUT2D eigenvalue weighted by Gasteiger charge is -2.06. The average molecular weight is 207 g/mol. The fourth-order valence-electron chi connectivity index (χ4n) is 0.982. The van der Waals surface area contributed by atoms with Crippen LogP contribution in [0.15, 0.2) is 17.5 Å². The molecule has 2 nitrogen and oxygen atoms in total. The molecule has 0 fully saturated rings. The molecule has 0 aliphatic heterocycles. The molecule has 1 heterocycles. The molecule has 4 N–H and O–H groups in total. The lowest BCUT2D eigenvalue weighted by atomic mass is 10.1. The number of rotatable bonds is 4. The van der Waals surface area contributed by atoms with Gasteiger partial charge in [-0.2, -0.15) is 0 Å². The smallest absolute Gasteiger partial charge is 0.0390 e. The minimum atomic E-state index is 0. The predicted octanol–water partition coefficient (Wildman–Crippen LogP) is 1.91. The molecule has 0 saturated heterocycles. The van der Waals surface area contributed by atoms with Crippen LogP contribution in [-0.4, -0.2) is 6.54 Å². The summed E-state index contributed by atoms with van der Waals surface area (Å²) in [5.74, 6) is 0. The van der Waals surface area contributed by atoms with Crippen molar-refractivity contribution in [1.29, 1.82) is 0 Å². The maximum Gasteiger partial charge on any atom is 0.0390 e. The van der Waals surface area contributed by atoms with Crippen LogP contribution in [0.2, 0.25) is 0 Å². The number of thiophene rings is 1. The number of nitrogens with two attached hydrogens (primary N) is 2. The maximum atomic E-state index is 5.88. The first kappa shape index (κ1) is 11.9. The monoisotopic (exact) mass is 206 g/mol. The second-order valence-electron chi connectivity index (χ2n) is 2.55. The summed E-state index contributed by atoms with van der Waals surface area (Å²) in [4.78, 5) is 1.26. The van der Waals surface area contributed by atoms with Gasteiger partial charge in [-0.05, 0) is 30.8 Å². The van der Waals surface area contributed by atoms with E-state index in [4.69, 9.17) is 11.5 Å². The molecule has 12 heavy (non-hydrogen) atoms. The van der Waals surface area contributed by atoms with Crippen LogP contribution < -0.4 is 11.5 Å². The Morgan fingerprint density at radius 1 is 1.50 bits per heavy atom. The van der Waals surface area contributed by atoms with Crippen molar-refractivity contribution in [3.63, 3.8) is 0 Å². The van der Waals surface area contributed by atoms with E-state index in [0.29, 0.717) is 0 Å². The van der Waals surface area contributed by atoms with Crippen LogP contribution >= 0.6 is 23.7 Å². The molecule has 0 unspecified atom stereocenters. The first-order valence-corrected chi connectivity index (χ1v) is 4.71. The highest BCUT2D eigenvalue weighted by Crippen LogP contribution is 2.19. The van der Waals surface area contributed by atoms with Gasteiger partial charge in [0.25, 0.3) is 0 Å². The van der Waals surface area contributed by atoms with Gasteiger partial charge in [-0.15, -0.1) is 23.7 Å². The van der Waals surface area contributed by atoms with E-state index in [9.17, 15) is 0 Å². The van der Waals surface area contributed by atoms with Crippen molar-refractivity contribution in [3.05, 3.63) is 22.4 Å². The third-order valence-corrected chi connectivity index (χ3v) is 2.63. The Morgan fingerprint density at radius 2 is 2.25 bits per heavy atom. The molecule has 70 valence electrons. The molecule has 0 amide bonds. The summed E-state index contributed by atoms with van der Waals surface area (Å²) in [6, 6.07) is 4.30. The molecule has 0 spiro atoms. The zero-order valence-corrected chi connectivity index (χ0v) is 8.53. The van der Waals surface area contributed by atoms with E-state index in [-0.39, 0.29) is 18.4 Å². The van der Waals surface area contributed by atoms with Crippen LogP contribution in [-0.2, 0) is 0 Å². The van der Waals surface area contributed by atoms with Crippen molar-refractivity contribution in [2.45, 2.75) is 18.9 Å². The Kier molecular flexibility index (Phi) is 6.38. The van der Waals surface area contributed by atoms with Gasteiger partial charge in [-0.1, -0.05) is 6.07 Å². The molecular formula is C8H15ClN2S. The largest absolute Gasteiger partial charge is 0.330 e. The summed E-state index contributed by atoms with van der Waals surface area (Å²) in [7, 11) is 0. The van der Waals surface area contributed by atoms with Gasteiger partial charge in [-0.3, -0.25) is 0 Å². The lowest BCUT2D eigenvalue weighted by Crippen LogP contribution is -2.10. The minimum absolute atomic E-state index is 0. The van der Waals surface area contributed by atoms with Gasteiger partial charge in [-0.25, -0.2) is 0 Å². The van der Waals surface area contributed by atoms with E-state index in [0.717, 1.165) is 19.4 Å². The van der Waals surface area contributed by atoms with Crippen LogP contribution in [0.5, 0.6) is 0 Å². The molecular weight excluding hydrogens is 192 g/mol. The van der Waals surface area contributed by atoms with Crippen LogP contribution in [0.1, 0.15) is 23.8 Å². The zero-order chi connectivity index (χ0) is 8.10. The number of hydrogen-bond acceptors (Lipinski definition) is 3. The van der Waals surface area contributed by atoms with Crippen LogP contribution in [0.25, 0.3) is 0 Å². The number of hydrogen-bond donors (Lipinski definition) is 2. The Morgan fingerprint density at radius 3 is 2.75 bits per heavy atom. The van der Waals surface area contributed by atoms with E-state index in [1.165, 1.54) is 4.88 Å². The second kappa shape index (κ2) is 6.43.